The van der Waals surface area contributed by atoms with Crippen molar-refractivity contribution in [3.63, 3.8) is 0 Å². The van der Waals surface area contributed by atoms with Gasteiger partial charge >= 0.3 is 0 Å². The van der Waals surface area contributed by atoms with Crippen LogP contribution in [0.5, 0.6) is 0 Å². The Hall–Kier alpha value is -0.470. The van der Waals surface area contributed by atoms with Crippen molar-refractivity contribution >= 4 is 11.8 Å². The van der Waals surface area contributed by atoms with Crippen LogP contribution in [0.2, 0.25) is 0 Å². The van der Waals surface area contributed by atoms with Gasteiger partial charge in [-0.2, -0.15) is 0 Å². The second kappa shape index (κ2) is 4.53. The average Bonchev–Trinajstić information content (AvgIpc) is 2.16. The molecule has 0 radical (unpaired) electrons. The first kappa shape index (κ1) is 9.62. The molecule has 2 N–H and O–H groups in total. The van der Waals surface area contributed by atoms with Crippen LogP contribution in [0.1, 0.15) is 24.9 Å². The smallest absolute Gasteiger partial charge is 0.0303 e. The third-order valence-electron chi connectivity index (χ3n) is 1.98. The van der Waals surface area contributed by atoms with Crippen molar-refractivity contribution in [1.82, 2.24) is 0 Å². The monoisotopic (exact) mass is 181 g/mol. The predicted octanol–water partition coefficient (Wildman–Crippen LogP) is 2.82. The van der Waals surface area contributed by atoms with Gasteiger partial charge < -0.3 is 5.73 Å². The lowest BCUT2D eigenvalue weighted by molar-refractivity contribution is 0.686. The number of hydrogen-bond donors (Lipinski definition) is 1. The molecule has 0 saturated heterocycles. The van der Waals surface area contributed by atoms with E-state index in [1.165, 1.54) is 10.5 Å². The fraction of sp³-hybridized carbons (Fsp3) is 0.400. The van der Waals surface area contributed by atoms with E-state index >= 15 is 0 Å². The Morgan fingerprint density at radius 1 is 1.42 bits per heavy atom. The fourth-order valence-electron chi connectivity index (χ4n) is 1.19. The Balaban J connectivity index is 2.96. The first-order chi connectivity index (χ1) is 5.79. The summed E-state index contributed by atoms with van der Waals surface area (Å²) in [4.78, 5) is 1.30. The Morgan fingerprint density at radius 3 is 2.67 bits per heavy atom. The van der Waals surface area contributed by atoms with Gasteiger partial charge in [-0.3, -0.25) is 0 Å². The lowest BCUT2D eigenvalue weighted by Gasteiger charge is -2.12. The standard InChI is InChI=1S/C10H15NS/c1-3-9(11)8-6-4-5-7-10(8)12-2/h4-7,9H,3,11H2,1-2H3/t9-/m0/s1. The molecule has 0 saturated carbocycles. The Morgan fingerprint density at radius 2 is 2.08 bits per heavy atom. The number of benzene rings is 1. The van der Waals surface area contributed by atoms with Gasteiger partial charge in [-0.25, -0.2) is 0 Å². The second-order valence-electron chi connectivity index (χ2n) is 2.76. The van der Waals surface area contributed by atoms with Crippen molar-refractivity contribution in [2.45, 2.75) is 24.3 Å². The molecule has 2 heteroatoms. The summed E-state index contributed by atoms with van der Waals surface area (Å²) < 4.78 is 0. The summed E-state index contributed by atoms with van der Waals surface area (Å²) in [5, 5.41) is 0. The van der Waals surface area contributed by atoms with Gasteiger partial charge in [-0.1, -0.05) is 25.1 Å². The summed E-state index contributed by atoms with van der Waals surface area (Å²) >= 11 is 1.76. The molecular formula is C10H15NS. The minimum absolute atomic E-state index is 0.189. The average molecular weight is 181 g/mol. The lowest BCUT2D eigenvalue weighted by atomic mass is 10.1. The van der Waals surface area contributed by atoms with E-state index in [0.717, 1.165) is 6.42 Å². The predicted molar refractivity (Wildman–Crippen MR) is 55.4 cm³/mol. The molecule has 1 aromatic carbocycles. The zero-order valence-corrected chi connectivity index (χ0v) is 8.40. The van der Waals surface area contributed by atoms with Crippen LogP contribution in [0.25, 0.3) is 0 Å². The molecular weight excluding hydrogens is 166 g/mol. The summed E-state index contributed by atoms with van der Waals surface area (Å²) in [5.41, 5.74) is 7.23. The highest BCUT2D eigenvalue weighted by Crippen LogP contribution is 2.25. The van der Waals surface area contributed by atoms with E-state index in [-0.39, 0.29) is 6.04 Å². The quantitative estimate of drug-likeness (QED) is 0.726. The number of nitrogens with two attached hydrogens (primary N) is 1. The molecule has 1 atom stereocenters. The Kier molecular flexibility index (Phi) is 3.63. The molecule has 0 amide bonds. The highest BCUT2D eigenvalue weighted by Gasteiger charge is 2.06. The maximum Gasteiger partial charge on any atom is 0.0303 e. The van der Waals surface area contributed by atoms with Crippen molar-refractivity contribution in [2.24, 2.45) is 5.73 Å². The van der Waals surface area contributed by atoms with E-state index in [4.69, 9.17) is 5.73 Å². The van der Waals surface area contributed by atoms with Crippen LogP contribution in [0.15, 0.2) is 29.2 Å². The van der Waals surface area contributed by atoms with Gasteiger partial charge in [-0.05, 0) is 24.3 Å². The number of hydrogen-bond acceptors (Lipinski definition) is 2. The van der Waals surface area contributed by atoms with Crippen LogP contribution < -0.4 is 5.73 Å². The largest absolute Gasteiger partial charge is 0.324 e. The van der Waals surface area contributed by atoms with E-state index in [1.807, 2.05) is 6.07 Å². The van der Waals surface area contributed by atoms with Crippen molar-refractivity contribution < 1.29 is 0 Å². The molecule has 0 bridgehead atoms. The number of rotatable bonds is 3. The summed E-state index contributed by atoms with van der Waals surface area (Å²) in [6.07, 6.45) is 3.08. The van der Waals surface area contributed by atoms with Crippen LogP contribution in [0, 0.1) is 0 Å². The van der Waals surface area contributed by atoms with E-state index in [1.54, 1.807) is 11.8 Å². The molecule has 1 rings (SSSR count). The van der Waals surface area contributed by atoms with Gasteiger partial charge in [-0.15, -0.1) is 11.8 Å². The maximum atomic E-state index is 5.96. The summed E-state index contributed by atoms with van der Waals surface area (Å²) in [6.45, 7) is 2.11. The second-order valence-corrected chi connectivity index (χ2v) is 3.60. The van der Waals surface area contributed by atoms with Crippen LogP contribution in [-0.2, 0) is 0 Å². The summed E-state index contributed by atoms with van der Waals surface area (Å²) in [5.74, 6) is 0. The molecule has 0 fully saturated rings. The normalized spacial score (nSPS) is 12.9. The molecule has 0 aromatic heterocycles. The van der Waals surface area contributed by atoms with E-state index in [0.29, 0.717) is 0 Å². The van der Waals surface area contributed by atoms with E-state index in [2.05, 4.69) is 31.4 Å². The molecule has 0 aliphatic carbocycles. The van der Waals surface area contributed by atoms with Crippen molar-refractivity contribution in [1.29, 1.82) is 0 Å². The fourth-order valence-corrected chi connectivity index (χ4v) is 1.86. The first-order valence-corrected chi connectivity index (χ1v) is 5.40. The molecule has 0 heterocycles. The van der Waals surface area contributed by atoms with E-state index < -0.39 is 0 Å². The van der Waals surface area contributed by atoms with E-state index in [9.17, 15) is 0 Å². The molecule has 0 aliphatic rings. The van der Waals surface area contributed by atoms with Crippen LogP contribution in [0.4, 0.5) is 0 Å². The molecule has 66 valence electrons. The van der Waals surface area contributed by atoms with Crippen molar-refractivity contribution in [3.8, 4) is 0 Å². The maximum absolute atomic E-state index is 5.96. The van der Waals surface area contributed by atoms with Gasteiger partial charge in [0.1, 0.15) is 0 Å². The highest BCUT2D eigenvalue weighted by atomic mass is 32.2. The molecule has 0 unspecified atom stereocenters. The zero-order valence-electron chi connectivity index (χ0n) is 7.58. The topological polar surface area (TPSA) is 26.0 Å². The van der Waals surface area contributed by atoms with Gasteiger partial charge in [0, 0.05) is 10.9 Å². The highest BCUT2D eigenvalue weighted by molar-refractivity contribution is 7.98. The van der Waals surface area contributed by atoms with Crippen molar-refractivity contribution in [2.75, 3.05) is 6.26 Å². The van der Waals surface area contributed by atoms with Gasteiger partial charge in [0.2, 0.25) is 0 Å². The van der Waals surface area contributed by atoms with Crippen LogP contribution >= 0.6 is 11.8 Å². The minimum atomic E-state index is 0.189. The third-order valence-corrected chi connectivity index (χ3v) is 2.79. The first-order valence-electron chi connectivity index (χ1n) is 4.18. The molecule has 1 nitrogen and oxygen atoms in total. The van der Waals surface area contributed by atoms with Crippen LogP contribution in [-0.4, -0.2) is 6.26 Å². The molecule has 0 aliphatic heterocycles. The van der Waals surface area contributed by atoms with Crippen LogP contribution in [0.3, 0.4) is 0 Å². The molecule has 1 aromatic rings. The lowest BCUT2D eigenvalue weighted by Crippen LogP contribution is -2.09. The summed E-state index contributed by atoms with van der Waals surface area (Å²) in [7, 11) is 0. The Labute approximate surface area is 78.4 Å². The van der Waals surface area contributed by atoms with Gasteiger partial charge in [0.05, 0.1) is 0 Å². The third kappa shape index (κ3) is 2.02. The molecule has 0 spiro atoms. The summed E-state index contributed by atoms with van der Waals surface area (Å²) in [6, 6.07) is 8.52. The number of thioether (sulfide) groups is 1. The SMILES string of the molecule is CC[C@H](N)c1ccccc1SC. The minimum Gasteiger partial charge on any atom is -0.324 e. The van der Waals surface area contributed by atoms with Gasteiger partial charge in [0.25, 0.3) is 0 Å². The molecule has 12 heavy (non-hydrogen) atoms. The zero-order chi connectivity index (χ0) is 8.97. The Bertz CT molecular complexity index is 247. The van der Waals surface area contributed by atoms with Crippen molar-refractivity contribution in [3.05, 3.63) is 29.8 Å². The van der Waals surface area contributed by atoms with Gasteiger partial charge in [0.15, 0.2) is 0 Å².